The summed E-state index contributed by atoms with van der Waals surface area (Å²) in [6, 6.07) is 7.16. The SMILES string of the molecule is O=C(Nc1ccc(F)c(Cl)c1)c1ccc([N+](=O)[O-])cc1Cl. The Morgan fingerprint density at radius 1 is 1.14 bits per heavy atom. The smallest absolute Gasteiger partial charge is 0.270 e. The summed E-state index contributed by atoms with van der Waals surface area (Å²) in [6.45, 7) is 0. The minimum Gasteiger partial charge on any atom is -0.322 e. The fourth-order valence-corrected chi connectivity index (χ4v) is 2.02. The van der Waals surface area contributed by atoms with Crippen molar-refractivity contribution in [3.8, 4) is 0 Å². The van der Waals surface area contributed by atoms with Crippen LogP contribution in [0, 0.1) is 15.9 Å². The van der Waals surface area contributed by atoms with Crippen molar-refractivity contribution in [3.05, 3.63) is 67.9 Å². The molecule has 0 bridgehead atoms. The molecule has 0 spiro atoms. The molecule has 0 atom stereocenters. The highest BCUT2D eigenvalue weighted by molar-refractivity contribution is 6.34. The van der Waals surface area contributed by atoms with Crippen LogP contribution < -0.4 is 5.32 Å². The molecule has 1 N–H and O–H groups in total. The molecule has 2 aromatic rings. The summed E-state index contributed by atoms with van der Waals surface area (Å²) in [6.07, 6.45) is 0. The van der Waals surface area contributed by atoms with E-state index in [1.165, 1.54) is 24.3 Å². The Morgan fingerprint density at radius 3 is 2.43 bits per heavy atom. The Bertz CT molecular complexity index is 737. The van der Waals surface area contributed by atoms with Crippen molar-refractivity contribution in [1.82, 2.24) is 0 Å². The molecule has 0 aliphatic rings. The Labute approximate surface area is 128 Å². The zero-order valence-electron chi connectivity index (χ0n) is 10.3. The van der Waals surface area contributed by atoms with Crippen LogP contribution in [0.1, 0.15) is 10.4 Å². The topological polar surface area (TPSA) is 72.2 Å². The molecule has 0 aliphatic carbocycles. The van der Waals surface area contributed by atoms with E-state index in [0.717, 1.165) is 12.1 Å². The summed E-state index contributed by atoms with van der Waals surface area (Å²) in [5.74, 6) is -1.19. The van der Waals surface area contributed by atoms with Gasteiger partial charge in [-0.15, -0.1) is 0 Å². The number of amides is 1. The maximum atomic E-state index is 13.0. The second-order valence-electron chi connectivity index (χ2n) is 4.00. The fraction of sp³-hybridized carbons (Fsp3) is 0. The van der Waals surface area contributed by atoms with Crippen LogP contribution >= 0.6 is 23.2 Å². The van der Waals surface area contributed by atoms with Crippen molar-refractivity contribution in [2.45, 2.75) is 0 Å². The molecule has 1 amide bonds. The Morgan fingerprint density at radius 2 is 1.86 bits per heavy atom. The summed E-state index contributed by atoms with van der Waals surface area (Å²) < 4.78 is 13.0. The molecule has 108 valence electrons. The number of halogens is 3. The number of benzene rings is 2. The van der Waals surface area contributed by atoms with E-state index >= 15 is 0 Å². The van der Waals surface area contributed by atoms with Crippen LogP contribution in [0.3, 0.4) is 0 Å². The fourth-order valence-electron chi connectivity index (χ4n) is 1.57. The van der Waals surface area contributed by atoms with Gasteiger partial charge < -0.3 is 5.32 Å². The number of carbonyl (C=O) groups is 1. The number of nitrogens with one attached hydrogen (secondary N) is 1. The standard InChI is InChI=1S/C13H7Cl2FN2O3/c14-10-6-8(18(20)21)2-3-9(10)13(19)17-7-1-4-12(16)11(15)5-7/h1-6H,(H,17,19). The van der Waals surface area contributed by atoms with Gasteiger partial charge in [0, 0.05) is 17.8 Å². The van der Waals surface area contributed by atoms with Crippen molar-refractivity contribution in [2.75, 3.05) is 5.32 Å². The first-order valence-corrected chi connectivity index (χ1v) is 6.34. The van der Waals surface area contributed by atoms with Gasteiger partial charge in [-0.3, -0.25) is 14.9 Å². The minimum absolute atomic E-state index is 0.0581. The molecule has 0 heterocycles. The lowest BCUT2D eigenvalue weighted by Crippen LogP contribution is -2.12. The molecular formula is C13H7Cl2FN2O3. The van der Waals surface area contributed by atoms with E-state index in [9.17, 15) is 19.3 Å². The van der Waals surface area contributed by atoms with E-state index in [4.69, 9.17) is 23.2 Å². The number of rotatable bonds is 3. The molecule has 21 heavy (non-hydrogen) atoms. The molecule has 5 nitrogen and oxygen atoms in total. The largest absolute Gasteiger partial charge is 0.322 e. The number of nitro groups is 1. The number of nitro benzene ring substituents is 1. The number of anilines is 1. The average Bonchev–Trinajstić information content (AvgIpc) is 2.42. The Kier molecular flexibility index (Phi) is 4.40. The van der Waals surface area contributed by atoms with Crippen LogP contribution in [0.5, 0.6) is 0 Å². The summed E-state index contributed by atoms with van der Waals surface area (Å²) in [4.78, 5) is 22.0. The molecule has 0 radical (unpaired) electrons. The average molecular weight is 329 g/mol. The molecular weight excluding hydrogens is 322 g/mol. The van der Waals surface area contributed by atoms with Crippen LogP contribution in [0.15, 0.2) is 36.4 Å². The van der Waals surface area contributed by atoms with E-state index in [0.29, 0.717) is 0 Å². The third-order valence-corrected chi connectivity index (χ3v) is 3.19. The molecule has 0 saturated heterocycles. The lowest BCUT2D eigenvalue weighted by atomic mass is 10.2. The predicted molar refractivity (Wildman–Crippen MR) is 77.5 cm³/mol. The molecule has 0 aliphatic heterocycles. The van der Waals surface area contributed by atoms with Crippen LogP contribution in [0.4, 0.5) is 15.8 Å². The summed E-state index contributed by atoms with van der Waals surface area (Å²) in [5.41, 5.74) is 0.116. The quantitative estimate of drug-likeness (QED) is 0.674. The lowest BCUT2D eigenvalue weighted by molar-refractivity contribution is -0.384. The first kappa shape index (κ1) is 15.2. The zero-order chi connectivity index (χ0) is 15.6. The molecule has 0 unspecified atom stereocenters. The van der Waals surface area contributed by atoms with Crippen LogP contribution in [-0.4, -0.2) is 10.8 Å². The summed E-state index contributed by atoms with van der Waals surface area (Å²) in [5, 5.41) is 12.9. The Balaban J connectivity index is 2.24. The normalized spacial score (nSPS) is 10.2. The first-order chi connectivity index (χ1) is 9.88. The second kappa shape index (κ2) is 6.07. The number of hydrogen-bond acceptors (Lipinski definition) is 3. The third kappa shape index (κ3) is 3.48. The van der Waals surface area contributed by atoms with Gasteiger partial charge in [-0.05, 0) is 24.3 Å². The highest BCUT2D eigenvalue weighted by atomic mass is 35.5. The molecule has 0 aromatic heterocycles. The Hall–Kier alpha value is -2.18. The highest BCUT2D eigenvalue weighted by Gasteiger charge is 2.15. The van der Waals surface area contributed by atoms with Gasteiger partial charge in [-0.25, -0.2) is 4.39 Å². The van der Waals surface area contributed by atoms with Crippen LogP contribution in [-0.2, 0) is 0 Å². The van der Waals surface area contributed by atoms with Crippen LogP contribution in [0.25, 0.3) is 0 Å². The van der Waals surface area contributed by atoms with Crippen molar-refractivity contribution >= 4 is 40.5 Å². The van der Waals surface area contributed by atoms with Crippen molar-refractivity contribution < 1.29 is 14.1 Å². The van der Waals surface area contributed by atoms with E-state index in [1.807, 2.05) is 0 Å². The number of hydrogen-bond donors (Lipinski definition) is 1. The summed E-state index contributed by atoms with van der Waals surface area (Å²) in [7, 11) is 0. The zero-order valence-corrected chi connectivity index (χ0v) is 11.8. The first-order valence-electron chi connectivity index (χ1n) is 5.59. The van der Waals surface area contributed by atoms with E-state index in [-0.39, 0.29) is 27.0 Å². The van der Waals surface area contributed by atoms with E-state index in [2.05, 4.69) is 5.32 Å². The minimum atomic E-state index is -0.618. The number of carbonyl (C=O) groups excluding carboxylic acids is 1. The molecule has 8 heteroatoms. The van der Waals surface area contributed by atoms with Gasteiger partial charge in [0.25, 0.3) is 11.6 Å². The van der Waals surface area contributed by atoms with E-state index in [1.54, 1.807) is 0 Å². The van der Waals surface area contributed by atoms with Gasteiger partial charge in [0.1, 0.15) is 5.82 Å². The van der Waals surface area contributed by atoms with Gasteiger partial charge in [0.2, 0.25) is 0 Å². The van der Waals surface area contributed by atoms with Crippen molar-refractivity contribution in [3.63, 3.8) is 0 Å². The van der Waals surface area contributed by atoms with Crippen molar-refractivity contribution in [2.24, 2.45) is 0 Å². The number of nitrogens with zero attached hydrogens (tertiary/aromatic N) is 1. The molecule has 0 saturated carbocycles. The third-order valence-electron chi connectivity index (χ3n) is 2.59. The van der Waals surface area contributed by atoms with Crippen molar-refractivity contribution in [1.29, 1.82) is 0 Å². The molecule has 2 rings (SSSR count). The monoisotopic (exact) mass is 328 g/mol. The predicted octanol–water partition coefficient (Wildman–Crippen LogP) is 4.29. The summed E-state index contributed by atoms with van der Waals surface area (Å²) >= 11 is 11.4. The maximum absolute atomic E-state index is 13.0. The van der Waals surface area contributed by atoms with Gasteiger partial charge in [-0.2, -0.15) is 0 Å². The van der Waals surface area contributed by atoms with Gasteiger partial charge in [0.05, 0.1) is 20.5 Å². The highest BCUT2D eigenvalue weighted by Crippen LogP contribution is 2.24. The van der Waals surface area contributed by atoms with Crippen LogP contribution in [0.2, 0.25) is 10.0 Å². The lowest BCUT2D eigenvalue weighted by Gasteiger charge is -2.07. The van der Waals surface area contributed by atoms with Gasteiger partial charge >= 0.3 is 0 Å². The molecule has 2 aromatic carbocycles. The number of non-ortho nitro benzene ring substituents is 1. The second-order valence-corrected chi connectivity index (χ2v) is 4.82. The van der Waals surface area contributed by atoms with Gasteiger partial charge in [0.15, 0.2) is 0 Å². The van der Waals surface area contributed by atoms with E-state index < -0.39 is 16.6 Å². The van der Waals surface area contributed by atoms with Gasteiger partial charge in [-0.1, -0.05) is 23.2 Å². The molecule has 0 fully saturated rings. The maximum Gasteiger partial charge on any atom is 0.270 e.